The molecule has 1 aliphatic heterocycles. The van der Waals surface area contributed by atoms with Crippen molar-refractivity contribution in [1.29, 1.82) is 0 Å². The van der Waals surface area contributed by atoms with Crippen molar-refractivity contribution in [3.05, 3.63) is 22.4 Å². The largest absolute Gasteiger partial charge is 0.345 e. The van der Waals surface area contributed by atoms with Gasteiger partial charge in [0.15, 0.2) is 0 Å². The molecule has 0 radical (unpaired) electrons. The molecule has 1 aromatic heterocycles. The van der Waals surface area contributed by atoms with Gasteiger partial charge in [-0.3, -0.25) is 4.79 Å². The Morgan fingerprint density at radius 3 is 3.19 bits per heavy atom. The SMILES string of the molecule is CN(C[C@@H]1CCNC1)C(=O)Cc1ccsc1. The van der Waals surface area contributed by atoms with Crippen LogP contribution >= 0.6 is 11.3 Å². The van der Waals surface area contributed by atoms with Crippen molar-refractivity contribution in [2.75, 3.05) is 26.7 Å². The van der Waals surface area contributed by atoms with E-state index in [2.05, 4.69) is 5.32 Å². The van der Waals surface area contributed by atoms with Crippen LogP contribution in [0.15, 0.2) is 16.8 Å². The minimum Gasteiger partial charge on any atom is -0.345 e. The zero-order valence-corrected chi connectivity index (χ0v) is 10.4. The fourth-order valence-electron chi connectivity index (χ4n) is 2.06. The second-order valence-corrected chi connectivity index (χ2v) is 5.22. The summed E-state index contributed by atoms with van der Waals surface area (Å²) in [6, 6.07) is 2.02. The van der Waals surface area contributed by atoms with E-state index in [-0.39, 0.29) is 5.91 Å². The second-order valence-electron chi connectivity index (χ2n) is 4.44. The molecule has 1 aliphatic rings. The highest BCUT2D eigenvalue weighted by Gasteiger charge is 2.19. The third-order valence-corrected chi connectivity index (χ3v) is 3.79. The van der Waals surface area contributed by atoms with E-state index in [1.165, 1.54) is 6.42 Å². The van der Waals surface area contributed by atoms with Gasteiger partial charge >= 0.3 is 0 Å². The predicted molar refractivity (Wildman–Crippen MR) is 66.6 cm³/mol. The first kappa shape index (κ1) is 11.6. The van der Waals surface area contributed by atoms with E-state index in [0.717, 1.165) is 25.2 Å². The molecule has 1 fully saturated rings. The minimum absolute atomic E-state index is 0.227. The molecule has 1 amide bonds. The molecule has 0 unspecified atom stereocenters. The summed E-state index contributed by atoms with van der Waals surface area (Å²) >= 11 is 1.65. The highest BCUT2D eigenvalue weighted by atomic mass is 32.1. The molecule has 0 bridgehead atoms. The Labute approximate surface area is 100 Å². The maximum Gasteiger partial charge on any atom is 0.226 e. The summed E-state index contributed by atoms with van der Waals surface area (Å²) in [5, 5.41) is 7.39. The summed E-state index contributed by atoms with van der Waals surface area (Å²) in [6.07, 6.45) is 1.73. The fraction of sp³-hybridized carbons (Fsp3) is 0.583. The van der Waals surface area contributed by atoms with E-state index in [1.54, 1.807) is 11.3 Å². The first-order valence-electron chi connectivity index (χ1n) is 5.71. The van der Waals surface area contributed by atoms with Crippen LogP contribution in [0.4, 0.5) is 0 Å². The van der Waals surface area contributed by atoms with Gasteiger partial charge in [0, 0.05) is 13.6 Å². The highest BCUT2D eigenvalue weighted by molar-refractivity contribution is 7.07. The molecule has 2 heterocycles. The summed E-state index contributed by atoms with van der Waals surface area (Å²) in [5.74, 6) is 0.863. The standard InChI is InChI=1S/C12H18N2OS/c1-14(8-11-2-4-13-7-11)12(15)6-10-3-5-16-9-10/h3,5,9,11,13H,2,4,6-8H2,1H3/t11-/m1/s1. The second kappa shape index (κ2) is 5.46. The van der Waals surface area contributed by atoms with Crippen molar-refractivity contribution in [1.82, 2.24) is 10.2 Å². The Balaban J connectivity index is 1.79. The molecule has 4 heteroatoms. The lowest BCUT2D eigenvalue weighted by molar-refractivity contribution is -0.129. The number of rotatable bonds is 4. The molecule has 1 N–H and O–H groups in total. The number of hydrogen-bond donors (Lipinski definition) is 1. The molecule has 0 aromatic carbocycles. The van der Waals surface area contributed by atoms with Crippen LogP contribution in [0, 0.1) is 5.92 Å². The van der Waals surface area contributed by atoms with Crippen molar-refractivity contribution in [2.45, 2.75) is 12.8 Å². The maximum atomic E-state index is 11.9. The third kappa shape index (κ3) is 3.06. The van der Waals surface area contributed by atoms with Crippen LogP contribution in [-0.4, -0.2) is 37.5 Å². The predicted octanol–water partition coefficient (Wildman–Crippen LogP) is 1.36. The molecule has 1 aromatic rings. The normalized spacial score (nSPS) is 19.9. The first-order valence-corrected chi connectivity index (χ1v) is 6.66. The van der Waals surface area contributed by atoms with Crippen LogP contribution in [0.1, 0.15) is 12.0 Å². The molecule has 0 spiro atoms. The molecule has 0 aliphatic carbocycles. The summed E-state index contributed by atoms with van der Waals surface area (Å²) in [5.41, 5.74) is 1.13. The highest BCUT2D eigenvalue weighted by Crippen LogP contribution is 2.11. The number of likely N-dealkylation sites (N-methyl/N-ethyl adjacent to an activating group) is 1. The summed E-state index contributed by atoms with van der Waals surface area (Å²) in [4.78, 5) is 13.8. The molecule has 88 valence electrons. The number of amides is 1. The smallest absolute Gasteiger partial charge is 0.226 e. The van der Waals surface area contributed by atoms with Crippen LogP contribution in [0.3, 0.4) is 0 Å². The number of thiophene rings is 1. The number of carbonyl (C=O) groups is 1. The Morgan fingerprint density at radius 1 is 1.69 bits per heavy atom. The molecular formula is C12H18N2OS. The number of hydrogen-bond acceptors (Lipinski definition) is 3. The molecule has 0 saturated carbocycles. The third-order valence-electron chi connectivity index (χ3n) is 3.06. The van der Waals surface area contributed by atoms with Gasteiger partial charge in [-0.1, -0.05) is 0 Å². The van der Waals surface area contributed by atoms with Gasteiger partial charge in [-0.15, -0.1) is 0 Å². The molecule has 1 saturated heterocycles. The Bertz CT molecular complexity index is 331. The van der Waals surface area contributed by atoms with Gasteiger partial charge in [-0.2, -0.15) is 11.3 Å². The Kier molecular flexibility index (Phi) is 3.96. The van der Waals surface area contributed by atoms with E-state index < -0.39 is 0 Å². The number of nitrogens with one attached hydrogen (secondary N) is 1. The first-order chi connectivity index (χ1) is 7.75. The van der Waals surface area contributed by atoms with Gasteiger partial charge in [0.1, 0.15) is 0 Å². The van der Waals surface area contributed by atoms with Gasteiger partial charge in [-0.05, 0) is 47.8 Å². The van der Waals surface area contributed by atoms with Crippen molar-refractivity contribution in [3.63, 3.8) is 0 Å². The van der Waals surface area contributed by atoms with Crippen LogP contribution in [0.2, 0.25) is 0 Å². The van der Waals surface area contributed by atoms with Crippen LogP contribution in [0.25, 0.3) is 0 Å². The molecule has 2 rings (SSSR count). The zero-order chi connectivity index (χ0) is 11.4. The summed E-state index contributed by atoms with van der Waals surface area (Å²) < 4.78 is 0. The lowest BCUT2D eigenvalue weighted by Gasteiger charge is -2.20. The summed E-state index contributed by atoms with van der Waals surface area (Å²) in [6.45, 7) is 3.03. The van der Waals surface area contributed by atoms with Gasteiger partial charge in [-0.25, -0.2) is 0 Å². The topological polar surface area (TPSA) is 32.3 Å². The van der Waals surface area contributed by atoms with Crippen molar-refractivity contribution in [3.8, 4) is 0 Å². The Morgan fingerprint density at radius 2 is 2.56 bits per heavy atom. The van der Waals surface area contributed by atoms with Crippen molar-refractivity contribution < 1.29 is 4.79 Å². The average molecular weight is 238 g/mol. The number of nitrogens with zero attached hydrogens (tertiary/aromatic N) is 1. The lowest BCUT2D eigenvalue weighted by atomic mass is 10.1. The fourth-order valence-corrected chi connectivity index (χ4v) is 2.73. The minimum atomic E-state index is 0.227. The van der Waals surface area contributed by atoms with Crippen molar-refractivity contribution in [2.24, 2.45) is 5.92 Å². The number of carbonyl (C=O) groups excluding carboxylic acids is 1. The monoisotopic (exact) mass is 238 g/mol. The van der Waals surface area contributed by atoms with E-state index in [9.17, 15) is 4.79 Å². The van der Waals surface area contributed by atoms with Crippen molar-refractivity contribution >= 4 is 17.2 Å². The van der Waals surface area contributed by atoms with Gasteiger partial charge in [0.2, 0.25) is 5.91 Å². The lowest BCUT2D eigenvalue weighted by Crippen LogP contribution is -2.33. The van der Waals surface area contributed by atoms with Gasteiger partial charge in [0.05, 0.1) is 6.42 Å². The van der Waals surface area contributed by atoms with E-state index in [1.807, 2.05) is 28.8 Å². The van der Waals surface area contributed by atoms with Crippen LogP contribution in [0.5, 0.6) is 0 Å². The quantitative estimate of drug-likeness (QED) is 0.859. The van der Waals surface area contributed by atoms with E-state index >= 15 is 0 Å². The summed E-state index contributed by atoms with van der Waals surface area (Å²) in [7, 11) is 1.91. The zero-order valence-electron chi connectivity index (χ0n) is 9.61. The van der Waals surface area contributed by atoms with E-state index in [4.69, 9.17) is 0 Å². The van der Waals surface area contributed by atoms with Gasteiger partial charge in [0.25, 0.3) is 0 Å². The Hall–Kier alpha value is -0.870. The van der Waals surface area contributed by atoms with E-state index in [0.29, 0.717) is 12.3 Å². The van der Waals surface area contributed by atoms with Crippen LogP contribution in [-0.2, 0) is 11.2 Å². The molecular weight excluding hydrogens is 220 g/mol. The van der Waals surface area contributed by atoms with Gasteiger partial charge < -0.3 is 10.2 Å². The molecule has 1 atom stereocenters. The molecule has 3 nitrogen and oxygen atoms in total. The maximum absolute atomic E-state index is 11.9. The molecule has 16 heavy (non-hydrogen) atoms. The van der Waals surface area contributed by atoms with Crippen LogP contribution < -0.4 is 5.32 Å². The average Bonchev–Trinajstić information content (AvgIpc) is 2.90.